The Kier molecular flexibility index (Phi) is 3.07. The molecule has 2 unspecified atom stereocenters. The zero-order chi connectivity index (χ0) is 14.4. The lowest BCUT2D eigenvalue weighted by Gasteiger charge is -2.43. The number of hydrogen-bond acceptors (Lipinski definition) is 5. The minimum Gasteiger partial charge on any atom is -0.385 e. The number of rotatable bonds is 1. The number of aromatic nitrogens is 1. The van der Waals surface area contributed by atoms with Gasteiger partial charge in [0.05, 0.1) is 16.1 Å². The highest BCUT2D eigenvalue weighted by Crippen LogP contribution is 2.45. The predicted molar refractivity (Wildman–Crippen MR) is 72.4 cm³/mol. The summed E-state index contributed by atoms with van der Waals surface area (Å²) in [6.45, 7) is 0. The van der Waals surface area contributed by atoms with Gasteiger partial charge in [-0.05, 0) is 31.7 Å². The van der Waals surface area contributed by atoms with Gasteiger partial charge in [-0.25, -0.2) is 13.4 Å². The van der Waals surface area contributed by atoms with Gasteiger partial charge < -0.3 is 5.11 Å². The van der Waals surface area contributed by atoms with E-state index in [1.807, 2.05) is 6.07 Å². The van der Waals surface area contributed by atoms with Crippen LogP contribution in [0.4, 0.5) is 0 Å². The van der Waals surface area contributed by atoms with Crippen LogP contribution in [0.25, 0.3) is 0 Å². The normalized spacial score (nSPS) is 35.2. The predicted octanol–water partition coefficient (Wildman–Crippen LogP) is 1.27. The largest absolute Gasteiger partial charge is 0.385 e. The summed E-state index contributed by atoms with van der Waals surface area (Å²) in [5, 5.41) is 18.7. The average Bonchev–Trinajstić information content (AvgIpc) is 2.41. The van der Waals surface area contributed by atoms with Crippen LogP contribution in [0.5, 0.6) is 0 Å². The number of nitriles is 1. The topological polar surface area (TPSA) is 91.0 Å². The third kappa shape index (κ3) is 2.02. The van der Waals surface area contributed by atoms with Crippen molar-refractivity contribution in [2.24, 2.45) is 0 Å². The van der Waals surface area contributed by atoms with Gasteiger partial charge >= 0.3 is 0 Å². The molecule has 2 saturated heterocycles. The molecule has 5 nitrogen and oxygen atoms in total. The van der Waals surface area contributed by atoms with Crippen LogP contribution in [0.15, 0.2) is 18.3 Å². The Labute approximate surface area is 118 Å². The summed E-state index contributed by atoms with van der Waals surface area (Å²) in [5.41, 5.74) is -0.230. The molecule has 106 valence electrons. The van der Waals surface area contributed by atoms with E-state index in [0.29, 0.717) is 24.1 Å². The third-order valence-corrected chi connectivity index (χ3v) is 7.19. The zero-order valence-electron chi connectivity index (χ0n) is 11.0. The van der Waals surface area contributed by atoms with Gasteiger partial charge in [-0.2, -0.15) is 5.26 Å². The van der Waals surface area contributed by atoms with Crippen molar-refractivity contribution in [2.75, 3.05) is 0 Å². The Morgan fingerprint density at radius 3 is 2.45 bits per heavy atom. The molecule has 3 heterocycles. The Bertz CT molecular complexity index is 641. The lowest BCUT2D eigenvalue weighted by Crippen LogP contribution is -2.50. The first-order chi connectivity index (χ1) is 9.45. The number of aliphatic hydroxyl groups is 1. The third-order valence-electron chi connectivity index (χ3n) is 4.53. The van der Waals surface area contributed by atoms with Crippen molar-refractivity contribution in [3.8, 4) is 6.07 Å². The minimum absolute atomic E-state index is 0.236. The van der Waals surface area contributed by atoms with Gasteiger partial charge in [0, 0.05) is 11.8 Å². The maximum Gasteiger partial charge on any atom is 0.156 e. The van der Waals surface area contributed by atoms with Gasteiger partial charge in [0.1, 0.15) is 11.8 Å². The van der Waals surface area contributed by atoms with E-state index in [2.05, 4.69) is 4.98 Å². The summed E-state index contributed by atoms with van der Waals surface area (Å²) in [6.07, 6.45) is 4.14. The first-order valence-corrected chi connectivity index (χ1v) is 8.38. The molecule has 20 heavy (non-hydrogen) atoms. The second-order valence-corrected chi connectivity index (χ2v) is 8.26. The van der Waals surface area contributed by atoms with Gasteiger partial charge in [-0.15, -0.1) is 0 Å². The van der Waals surface area contributed by atoms with Crippen molar-refractivity contribution in [3.63, 3.8) is 0 Å². The highest BCUT2D eigenvalue weighted by Gasteiger charge is 2.50. The summed E-state index contributed by atoms with van der Waals surface area (Å²) in [5.74, 6) is 0. The molecular weight excluding hydrogens is 276 g/mol. The molecule has 6 heteroatoms. The summed E-state index contributed by atoms with van der Waals surface area (Å²) < 4.78 is 24.5. The van der Waals surface area contributed by atoms with Crippen LogP contribution in [0.1, 0.15) is 43.4 Å². The molecule has 0 aromatic carbocycles. The molecule has 2 fully saturated rings. The zero-order valence-corrected chi connectivity index (χ0v) is 11.8. The molecule has 0 spiro atoms. The van der Waals surface area contributed by atoms with Crippen LogP contribution in [-0.2, 0) is 15.4 Å². The van der Waals surface area contributed by atoms with Crippen LogP contribution < -0.4 is 0 Å². The van der Waals surface area contributed by atoms with Crippen molar-refractivity contribution in [2.45, 2.75) is 48.2 Å². The quantitative estimate of drug-likeness (QED) is 0.841. The first-order valence-electron chi connectivity index (χ1n) is 6.77. The number of fused-ring (bicyclic) bond motifs is 2. The number of sulfone groups is 1. The van der Waals surface area contributed by atoms with Crippen molar-refractivity contribution in [1.82, 2.24) is 4.98 Å². The summed E-state index contributed by atoms with van der Waals surface area (Å²) in [6, 6.07) is 5.18. The van der Waals surface area contributed by atoms with E-state index in [4.69, 9.17) is 5.26 Å². The lowest BCUT2D eigenvalue weighted by atomic mass is 9.81. The van der Waals surface area contributed by atoms with Crippen LogP contribution in [0.3, 0.4) is 0 Å². The lowest BCUT2D eigenvalue weighted by molar-refractivity contribution is 0.00470. The van der Waals surface area contributed by atoms with Crippen molar-refractivity contribution in [3.05, 3.63) is 29.6 Å². The van der Waals surface area contributed by atoms with Crippen LogP contribution in [0.2, 0.25) is 0 Å². The van der Waals surface area contributed by atoms with Gasteiger partial charge in [-0.1, -0.05) is 12.5 Å². The summed E-state index contributed by atoms with van der Waals surface area (Å²) in [4.78, 5) is 3.98. The fraction of sp³-hybridized carbons (Fsp3) is 0.571. The van der Waals surface area contributed by atoms with Gasteiger partial charge in [0.2, 0.25) is 0 Å². The molecule has 3 rings (SSSR count). The molecule has 0 saturated carbocycles. The van der Waals surface area contributed by atoms with E-state index in [1.165, 1.54) is 6.20 Å². The fourth-order valence-electron chi connectivity index (χ4n) is 3.42. The van der Waals surface area contributed by atoms with Crippen molar-refractivity contribution >= 4 is 9.84 Å². The molecular formula is C14H16N2O3S. The van der Waals surface area contributed by atoms with E-state index in [9.17, 15) is 13.5 Å². The van der Waals surface area contributed by atoms with Crippen LogP contribution >= 0.6 is 0 Å². The molecule has 1 aromatic rings. The smallest absolute Gasteiger partial charge is 0.156 e. The monoisotopic (exact) mass is 292 g/mol. The second-order valence-electron chi connectivity index (χ2n) is 5.75. The fourth-order valence-corrected chi connectivity index (χ4v) is 5.97. The SMILES string of the molecule is N#Cc1ccc(C2(O)CC3CCCC(C2)S3(=O)=O)cn1. The van der Waals surface area contributed by atoms with Gasteiger partial charge in [0.15, 0.2) is 9.84 Å². The van der Waals surface area contributed by atoms with Gasteiger partial charge in [0.25, 0.3) is 0 Å². The number of nitrogens with zero attached hydrogens (tertiary/aromatic N) is 2. The van der Waals surface area contributed by atoms with Crippen molar-refractivity contribution in [1.29, 1.82) is 5.26 Å². The molecule has 2 aliphatic heterocycles. The van der Waals surface area contributed by atoms with E-state index < -0.39 is 25.9 Å². The molecule has 1 aromatic heterocycles. The molecule has 1 N–H and O–H groups in total. The molecule has 2 atom stereocenters. The summed E-state index contributed by atoms with van der Waals surface area (Å²) >= 11 is 0. The highest BCUT2D eigenvalue weighted by atomic mass is 32.2. The number of hydrogen-bond donors (Lipinski definition) is 1. The van der Waals surface area contributed by atoms with E-state index in [0.717, 1.165) is 6.42 Å². The maximum absolute atomic E-state index is 12.2. The molecule has 0 amide bonds. The van der Waals surface area contributed by atoms with E-state index in [-0.39, 0.29) is 12.8 Å². The molecule has 2 bridgehead atoms. The Hall–Kier alpha value is -1.45. The Morgan fingerprint density at radius 2 is 1.95 bits per heavy atom. The maximum atomic E-state index is 12.2. The summed E-state index contributed by atoms with van der Waals surface area (Å²) in [7, 11) is -3.09. The Balaban J connectivity index is 1.95. The van der Waals surface area contributed by atoms with Crippen LogP contribution in [0, 0.1) is 11.3 Å². The molecule has 2 aliphatic rings. The standard InChI is InChI=1S/C14H16N2O3S/c15-8-11-5-4-10(9-16-11)14(17)6-12-2-1-3-13(7-14)20(12,18)19/h4-5,9,12-13,17H,1-3,6-7H2. The van der Waals surface area contributed by atoms with Crippen LogP contribution in [-0.4, -0.2) is 29.0 Å². The molecule has 0 aliphatic carbocycles. The average molecular weight is 292 g/mol. The van der Waals surface area contributed by atoms with Crippen molar-refractivity contribution < 1.29 is 13.5 Å². The van der Waals surface area contributed by atoms with E-state index >= 15 is 0 Å². The molecule has 0 radical (unpaired) electrons. The van der Waals surface area contributed by atoms with Gasteiger partial charge in [-0.3, -0.25) is 0 Å². The highest BCUT2D eigenvalue weighted by molar-refractivity contribution is 7.92. The second kappa shape index (κ2) is 4.54. The number of pyridine rings is 1. The minimum atomic E-state index is -3.09. The Morgan fingerprint density at radius 1 is 1.30 bits per heavy atom. The first kappa shape index (κ1) is 13.5. The van der Waals surface area contributed by atoms with E-state index in [1.54, 1.807) is 12.1 Å².